The molecule has 4 aromatic rings. The maximum absolute atomic E-state index is 14.2. The van der Waals surface area contributed by atoms with Crippen molar-refractivity contribution >= 4 is 28.7 Å². The molecular formula is C23H18FN3O. The van der Waals surface area contributed by atoms with Crippen molar-refractivity contribution in [3.05, 3.63) is 101 Å². The fourth-order valence-corrected chi connectivity index (χ4v) is 2.89. The highest BCUT2D eigenvalue weighted by Gasteiger charge is 2.14. The van der Waals surface area contributed by atoms with Crippen molar-refractivity contribution in [1.29, 1.82) is 0 Å². The predicted octanol–water partition coefficient (Wildman–Crippen LogP) is 4.94. The van der Waals surface area contributed by atoms with Gasteiger partial charge in [0.05, 0.1) is 16.7 Å². The van der Waals surface area contributed by atoms with E-state index in [9.17, 15) is 9.18 Å². The first-order valence-electron chi connectivity index (χ1n) is 8.89. The van der Waals surface area contributed by atoms with Gasteiger partial charge in [-0.2, -0.15) is 0 Å². The zero-order chi connectivity index (χ0) is 19.5. The van der Waals surface area contributed by atoms with E-state index in [1.165, 1.54) is 6.07 Å². The smallest absolute Gasteiger partial charge is 0.255 e. The minimum atomic E-state index is -0.374. The topological polar surface area (TPSA) is 57.8 Å². The number of para-hydroxylation sites is 2. The second-order valence-corrected chi connectivity index (χ2v) is 6.50. The molecule has 0 spiro atoms. The molecule has 0 aliphatic heterocycles. The number of carbonyl (C=O) groups is 1. The lowest BCUT2D eigenvalue weighted by Gasteiger charge is -2.09. The van der Waals surface area contributed by atoms with Crippen LogP contribution in [0.5, 0.6) is 0 Å². The third-order valence-corrected chi connectivity index (χ3v) is 4.41. The molecule has 1 amide bonds. The zero-order valence-corrected chi connectivity index (χ0v) is 15.2. The van der Waals surface area contributed by atoms with Gasteiger partial charge >= 0.3 is 0 Å². The fraction of sp³-hybridized carbons (Fsp3) is 0.0435. The molecule has 0 atom stereocenters. The zero-order valence-electron chi connectivity index (χ0n) is 15.2. The van der Waals surface area contributed by atoms with Crippen molar-refractivity contribution < 1.29 is 9.18 Å². The summed E-state index contributed by atoms with van der Waals surface area (Å²) in [6.07, 6.45) is 1.58. The van der Waals surface area contributed by atoms with Crippen molar-refractivity contribution in [1.82, 2.24) is 15.3 Å². The summed E-state index contributed by atoms with van der Waals surface area (Å²) in [5.74, 6) is -0.200. The van der Waals surface area contributed by atoms with E-state index in [1.807, 2.05) is 43.3 Å². The molecule has 0 radical (unpaired) electrons. The first kappa shape index (κ1) is 17.7. The predicted molar refractivity (Wildman–Crippen MR) is 109 cm³/mol. The number of aryl methyl sites for hydroxylation is 1. The molecule has 5 heteroatoms. The summed E-state index contributed by atoms with van der Waals surface area (Å²) in [5, 5.41) is 2.87. The van der Waals surface area contributed by atoms with E-state index in [1.54, 1.807) is 36.4 Å². The molecule has 0 fully saturated rings. The van der Waals surface area contributed by atoms with Crippen molar-refractivity contribution in [2.45, 2.75) is 6.92 Å². The summed E-state index contributed by atoms with van der Waals surface area (Å²) in [6, 6.07) is 21.2. The summed E-state index contributed by atoms with van der Waals surface area (Å²) >= 11 is 0. The van der Waals surface area contributed by atoms with Gasteiger partial charge in [0.15, 0.2) is 5.82 Å². The Kier molecular flexibility index (Phi) is 4.72. The lowest BCUT2D eigenvalue weighted by atomic mass is 10.1. The first-order valence-corrected chi connectivity index (χ1v) is 8.89. The number of nitrogens with one attached hydrogen (secondary N) is 2. The molecule has 1 heterocycles. The Hall–Kier alpha value is -3.73. The Bertz CT molecular complexity index is 1140. The normalized spacial score (nSPS) is 11.6. The summed E-state index contributed by atoms with van der Waals surface area (Å²) in [6.45, 7) is 1.96. The summed E-state index contributed by atoms with van der Waals surface area (Å²) in [7, 11) is 0. The highest BCUT2D eigenvalue weighted by molar-refractivity contribution is 6.01. The minimum Gasteiger partial charge on any atom is -0.337 e. The Morgan fingerprint density at radius 1 is 1.00 bits per heavy atom. The standard InChI is InChI=1S/C23H18FN3O/c1-15-10-12-16(13-11-15)23(28)27-21(14-17-6-2-3-7-18(17)24)22-25-19-8-4-5-9-20(19)26-22/h2-14H,1H3,(H,25,26)(H,27,28)/b21-14+. The molecule has 2 N–H and O–H groups in total. The molecular weight excluding hydrogens is 353 g/mol. The molecule has 138 valence electrons. The molecule has 0 aliphatic rings. The van der Waals surface area contributed by atoms with Gasteiger partial charge < -0.3 is 10.3 Å². The highest BCUT2D eigenvalue weighted by Crippen LogP contribution is 2.20. The van der Waals surface area contributed by atoms with Crippen LogP contribution in [0, 0.1) is 12.7 Å². The number of nitrogens with zero attached hydrogens (tertiary/aromatic N) is 1. The maximum Gasteiger partial charge on any atom is 0.255 e. The summed E-state index contributed by atoms with van der Waals surface area (Å²) in [4.78, 5) is 20.5. The van der Waals surface area contributed by atoms with Crippen LogP contribution in [-0.4, -0.2) is 15.9 Å². The molecule has 0 aliphatic carbocycles. The van der Waals surface area contributed by atoms with Crippen molar-refractivity contribution in [3.8, 4) is 0 Å². The van der Waals surface area contributed by atoms with Gasteiger partial charge in [0.1, 0.15) is 5.82 Å². The van der Waals surface area contributed by atoms with E-state index < -0.39 is 0 Å². The lowest BCUT2D eigenvalue weighted by Crippen LogP contribution is -2.22. The van der Waals surface area contributed by atoms with E-state index in [-0.39, 0.29) is 11.7 Å². The first-order chi connectivity index (χ1) is 13.6. The van der Waals surface area contributed by atoms with Crippen LogP contribution < -0.4 is 5.32 Å². The van der Waals surface area contributed by atoms with E-state index >= 15 is 0 Å². The quantitative estimate of drug-likeness (QED) is 0.534. The molecule has 4 nitrogen and oxygen atoms in total. The molecule has 4 rings (SSSR count). The van der Waals surface area contributed by atoms with Gasteiger partial charge in [-0.25, -0.2) is 9.37 Å². The van der Waals surface area contributed by atoms with E-state index in [0.29, 0.717) is 22.6 Å². The van der Waals surface area contributed by atoms with Crippen molar-refractivity contribution in [3.63, 3.8) is 0 Å². The Balaban J connectivity index is 1.76. The minimum absolute atomic E-state index is 0.289. The van der Waals surface area contributed by atoms with E-state index in [4.69, 9.17) is 0 Å². The number of H-pyrrole nitrogens is 1. The molecule has 1 aromatic heterocycles. The van der Waals surface area contributed by atoms with Gasteiger partial charge in [-0.3, -0.25) is 4.79 Å². The number of rotatable bonds is 4. The van der Waals surface area contributed by atoms with Gasteiger partial charge in [0, 0.05) is 11.1 Å². The monoisotopic (exact) mass is 371 g/mol. The van der Waals surface area contributed by atoms with Crippen LogP contribution in [0.3, 0.4) is 0 Å². The van der Waals surface area contributed by atoms with Gasteiger partial charge in [0.25, 0.3) is 5.91 Å². The van der Waals surface area contributed by atoms with Crippen LogP contribution in [0.1, 0.15) is 27.3 Å². The maximum atomic E-state index is 14.2. The number of fused-ring (bicyclic) bond motifs is 1. The van der Waals surface area contributed by atoms with Crippen molar-refractivity contribution in [2.75, 3.05) is 0 Å². The third-order valence-electron chi connectivity index (χ3n) is 4.41. The SMILES string of the molecule is Cc1ccc(C(=O)N/C(=C/c2ccccc2F)c2nc3ccccc3[nH]2)cc1. The van der Waals surface area contributed by atoms with Crippen LogP contribution in [0.4, 0.5) is 4.39 Å². The summed E-state index contributed by atoms with van der Waals surface area (Å²) in [5.41, 5.74) is 3.94. The number of hydrogen-bond acceptors (Lipinski definition) is 2. The Morgan fingerprint density at radius 3 is 2.46 bits per heavy atom. The average Bonchev–Trinajstić information content (AvgIpc) is 3.14. The lowest BCUT2D eigenvalue weighted by molar-refractivity contribution is 0.0973. The molecule has 3 aromatic carbocycles. The number of halogens is 1. The van der Waals surface area contributed by atoms with Gasteiger partial charge in [-0.15, -0.1) is 0 Å². The second-order valence-electron chi connectivity index (χ2n) is 6.50. The Morgan fingerprint density at radius 2 is 1.71 bits per heavy atom. The number of hydrogen-bond donors (Lipinski definition) is 2. The average molecular weight is 371 g/mol. The number of carbonyl (C=O) groups excluding carboxylic acids is 1. The van der Waals surface area contributed by atoms with Gasteiger partial charge in [-0.1, -0.05) is 48.0 Å². The largest absolute Gasteiger partial charge is 0.337 e. The van der Waals surface area contributed by atoms with Crippen LogP contribution in [0.15, 0.2) is 72.8 Å². The third kappa shape index (κ3) is 3.69. The van der Waals surface area contributed by atoms with Gasteiger partial charge in [0.2, 0.25) is 0 Å². The van der Waals surface area contributed by atoms with Crippen LogP contribution in [0.2, 0.25) is 0 Å². The number of benzene rings is 3. The number of amides is 1. The fourth-order valence-electron chi connectivity index (χ4n) is 2.89. The Labute approximate surface area is 161 Å². The summed E-state index contributed by atoms with van der Waals surface area (Å²) < 4.78 is 14.2. The van der Waals surface area contributed by atoms with Crippen LogP contribution in [-0.2, 0) is 0 Å². The molecule has 0 saturated heterocycles. The highest BCUT2D eigenvalue weighted by atomic mass is 19.1. The van der Waals surface area contributed by atoms with Crippen LogP contribution >= 0.6 is 0 Å². The van der Waals surface area contributed by atoms with Gasteiger partial charge in [-0.05, 0) is 43.3 Å². The number of imidazole rings is 1. The molecule has 0 bridgehead atoms. The second kappa shape index (κ2) is 7.48. The molecule has 0 saturated carbocycles. The number of aromatic nitrogens is 2. The molecule has 0 unspecified atom stereocenters. The van der Waals surface area contributed by atoms with E-state index in [2.05, 4.69) is 15.3 Å². The number of aromatic amines is 1. The van der Waals surface area contributed by atoms with E-state index in [0.717, 1.165) is 16.6 Å². The van der Waals surface area contributed by atoms with Crippen molar-refractivity contribution in [2.24, 2.45) is 0 Å². The molecule has 28 heavy (non-hydrogen) atoms. The van der Waals surface area contributed by atoms with Crippen LogP contribution in [0.25, 0.3) is 22.8 Å².